The van der Waals surface area contributed by atoms with E-state index in [4.69, 9.17) is 22.1 Å². The van der Waals surface area contributed by atoms with Crippen LogP contribution in [0.1, 0.15) is 24.9 Å². The molecule has 4 heteroatoms. The first-order valence-corrected chi connectivity index (χ1v) is 8.43. The smallest absolute Gasteiger partial charge is 0.124 e. The molecule has 0 aromatic heterocycles. The Morgan fingerprint density at radius 1 is 1.14 bits per heavy atom. The van der Waals surface area contributed by atoms with Crippen LogP contribution in [0.15, 0.2) is 53.4 Å². The minimum Gasteiger partial charge on any atom is -0.493 e. The van der Waals surface area contributed by atoms with Gasteiger partial charge in [-0.05, 0) is 24.6 Å². The first-order valence-electron chi connectivity index (χ1n) is 7.07. The molecule has 0 saturated carbocycles. The Morgan fingerprint density at radius 3 is 2.62 bits per heavy atom. The maximum absolute atomic E-state index is 6.32. The second-order valence-corrected chi connectivity index (χ2v) is 6.20. The number of para-hydroxylation sites is 1. The SMILES string of the molecule is CCCOc1ccccc1C(N)CSc1ccccc1Cl. The van der Waals surface area contributed by atoms with Crippen molar-refractivity contribution in [2.75, 3.05) is 12.4 Å². The summed E-state index contributed by atoms with van der Waals surface area (Å²) in [5, 5.41) is 0.769. The van der Waals surface area contributed by atoms with Crippen molar-refractivity contribution in [2.45, 2.75) is 24.3 Å². The lowest BCUT2D eigenvalue weighted by Gasteiger charge is -2.16. The van der Waals surface area contributed by atoms with E-state index in [1.165, 1.54) is 0 Å². The second kappa shape index (κ2) is 8.32. The number of hydrogen-bond donors (Lipinski definition) is 1. The van der Waals surface area contributed by atoms with Gasteiger partial charge in [0.15, 0.2) is 0 Å². The average Bonchev–Trinajstić information content (AvgIpc) is 2.52. The molecule has 1 atom stereocenters. The minimum absolute atomic E-state index is 0.0840. The van der Waals surface area contributed by atoms with Crippen LogP contribution >= 0.6 is 23.4 Å². The van der Waals surface area contributed by atoms with Crippen molar-refractivity contribution in [1.82, 2.24) is 0 Å². The standard InChI is InChI=1S/C17H20ClNOS/c1-2-11-20-16-9-5-3-7-13(16)15(19)12-21-17-10-6-4-8-14(17)18/h3-10,15H,2,11-12,19H2,1H3. The number of rotatable bonds is 7. The molecule has 0 bridgehead atoms. The van der Waals surface area contributed by atoms with Gasteiger partial charge in [-0.3, -0.25) is 0 Å². The summed E-state index contributed by atoms with van der Waals surface area (Å²) in [5.41, 5.74) is 7.37. The highest BCUT2D eigenvalue weighted by atomic mass is 35.5. The van der Waals surface area contributed by atoms with Crippen molar-refractivity contribution in [3.05, 3.63) is 59.1 Å². The Bertz CT molecular complexity index is 576. The van der Waals surface area contributed by atoms with Crippen LogP contribution < -0.4 is 10.5 Å². The molecule has 0 aliphatic carbocycles. The highest BCUT2D eigenvalue weighted by molar-refractivity contribution is 7.99. The highest BCUT2D eigenvalue weighted by Crippen LogP contribution is 2.32. The van der Waals surface area contributed by atoms with E-state index >= 15 is 0 Å². The molecule has 21 heavy (non-hydrogen) atoms. The lowest BCUT2D eigenvalue weighted by molar-refractivity contribution is 0.313. The van der Waals surface area contributed by atoms with Crippen molar-refractivity contribution in [3.63, 3.8) is 0 Å². The summed E-state index contributed by atoms with van der Waals surface area (Å²) >= 11 is 7.84. The number of halogens is 1. The molecule has 2 aromatic carbocycles. The highest BCUT2D eigenvalue weighted by Gasteiger charge is 2.13. The number of nitrogens with two attached hydrogens (primary N) is 1. The molecule has 2 rings (SSSR count). The van der Waals surface area contributed by atoms with Crippen LogP contribution in [0, 0.1) is 0 Å². The fourth-order valence-corrected chi connectivity index (χ4v) is 3.18. The molecular weight excluding hydrogens is 302 g/mol. The van der Waals surface area contributed by atoms with Gasteiger partial charge in [-0.1, -0.05) is 48.9 Å². The van der Waals surface area contributed by atoms with Gasteiger partial charge >= 0.3 is 0 Å². The van der Waals surface area contributed by atoms with Crippen LogP contribution in [0.3, 0.4) is 0 Å². The number of ether oxygens (including phenoxy) is 1. The Hall–Kier alpha value is -1.16. The summed E-state index contributed by atoms with van der Waals surface area (Å²) in [5.74, 6) is 1.64. The summed E-state index contributed by atoms with van der Waals surface area (Å²) in [6, 6.07) is 15.7. The normalized spacial score (nSPS) is 12.1. The third-order valence-corrected chi connectivity index (χ3v) is 4.67. The third kappa shape index (κ3) is 4.67. The van der Waals surface area contributed by atoms with Gasteiger partial charge in [0.1, 0.15) is 5.75 Å². The second-order valence-electron chi connectivity index (χ2n) is 4.73. The molecule has 0 aliphatic heterocycles. The zero-order valence-corrected chi connectivity index (χ0v) is 13.7. The Labute approximate surface area is 135 Å². The molecule has 0 amide bonds. The quantitative estimate of drug-likeness (QED) is 0.735. The van der Waals surface area contributed by atoms with Gasteiger partial charge < -0.3 is 10.5 Å². The molecule has 0 aliphatic rings. The van der Waals surface area contributed by atoms with Crippen molar-refractivity contribution < 1.29 is 4.74 Å². The Kier molecular flexibility index (Phi) is 6.43. The van der Waals surface area contributed by atoms with E-state index in [1.54, 1.807) is 11.8 Å². The number of hydrogen-bond acceptors (Lipinski definition) is 3. The van der Waals surface area contributed by atoms with Crippen LogP contribution in [0.25, 0.3) is 0 Å². The van der Waals surface area contributed by atoms with Gasteiger partial charge in [-0.15, -0.1) is 11.8 Å². The van der Waals surface area contributed by atoms with Gasteiger partial charge in [0.25, 0.3) is 0 Å². The Balaban J connectivity index is 2.03. The fraction of sp³-hybridized carbons (Fsp3) is 0.294. The largest absolute Gasteiger partial charge is 0.493 e. The third-order valence-electron chi connectivity index (χ3n) is 3.04. The number of thioether (sulfide) groups is 1. The van der Waals surface area contributed by atoms with Gasteiger partial charge in [0, 0.05) is 22.3 Å². The number of benzene rings is 2. The monoisotopic (exact) mass is 321 g/mol. The van der Waals surface area contributed by atoms with Crippen LogP contribution in [0.5, 0.6) is 5.75 Å². The van der Waals surface area contributed by atoms with Crippen LogP contribution in [-0.4, -0.2) is 12.4 Å². The van der Waals surface area contributed by atoms with E-state index in [9.17, 15) is 0 Å². The van der Waals surface area contributed by atoms with E-state index in [0.717, 1.165) is 33.4 Å². The molecule has 0 saturated heterocycles. The van der Waals surface area contributed by atoms with Gasteiger partial charge in [0.2, 0.25) is 0 Å². The van der Waals surface area contributed by atoms with Crippen molar-refractivity contribution in [3.8, 4) is 5.75 Å². The lowest BCUT2D eigenvalue weighted by atomic mass is 10.1. The van der Waals surface area contributed by atoms with E-state index in [0.29, 0.717) is 6.61 Å². The average molecular weight is 322 g/mol. The summed E-state index contributed by atoms with van der Waals surface area (Å²) < 4.78 is 5.77. The van der Waals surface area contributed by atoms with E-state index in [2.05, 4.69) is 6.92 Å². The Morgan fingerprint density at radius 2 is 1.86 bits per heavy atom. The molecule has 1 unspecified atom stereocenters. The van der Waals surface area contributed by atoms with Crippen LogP contribution in [0.4, 0.5) is 0 Å². The first-order chi connectivity index (χ1) is 10.2. The molecule has 0 radical (unpaired) electrons. The van der Waals surface area contributed by atoms with E-state index in [-0.39, 0.29) is 6.04 Å². The zero-order valence-electron chi connectivity index (χ0n) is 12.1. The predicted octanol–water partition coefficient (Wildman–Crippen LogP) is 4.92. The summed E-state index contributed by atoms with van der Waals surface area (Å²) in [7, 11) is 0. The summed E-state index contributed by atoms with van der Waals surface area (Å²) in [6.07, 6.45) is 0.984. The molecule has 112 valence electrons. The maximum Gasteiger partial charge on any atom is 0.124 e. The van der Waals surface area contributed by atoms with E-state index in [1.807, 2.05) is 48.5 Å². The molecular formula is C17H20ClNOS. The van der Waals surface area contributed by atoms with Gasteiger partial charge in [0.05, 0.1) is 11.6 Å². The predicted molar refractivity (Wildman–Crippen MR) is 91.3 cm³/mol. The fourth-order valence-electron chi connectivity index (χ4n) is 1.96. The molecule has 2 N–H and O–H groups in total. The first kappa shape index (κ1) is 16.2. The molecule has 0 heterocycles. The minimum atomic E-state index is -0.0840. The molecule has 2 nitrogen and oxygen atoms in total. The molecule has 0 fully saturated rings. The zero-order chi connectivity index (χ0) is 15.1. The van der Waals surface area contributed by atoms with Crippen molar-refractivity contribution >= 4 is 23.4 Å². The lowest BCUT2D eigenvalue weighted by Crippen LogP contribution is -2.14. The van der Waals surface area contributed by atoms with Crippen LogP contribution in [0.2, 0.25) is 5.02 Å². The van der Waals surface area contributed by atoms with Gasteiger partial charge in [-0.2, -0.15) is 0 Å². The van der Waals surface area contributed by atoms with Crippen molar-refractivity contribution in [1.29, 1.82) is 0 Å². The summed E-state index contributed by atoms with van der Waals surface area (Å²) in [4.78, 5) is 1.06. The topological polar surface area (TPSA) is 35.2 Å². The van der Waals surface area contributed by atoms with Gasteiger partial charge in [-0.25, -0.2) is 0 Å². The van der Waals surface area contributed by atoms with E-state index < -0.39 is 0 Å². The molecule has 0 spiro atoms. The van der Waals surface area contributed by atoms with Crippen molar-refractivity contribution in [2.24, 2.45) is 5.73 Å². The maximum atomic E-state index is 6.32. The summed E-state index contributed by atoms with van der Waals surface area (Å²) in [6.45, 7) is 2.80. The molecule has 2 aromatic rings. The van der Waals surface area contributed by atoms with Crippen LogP contribution in [-0.2, 0) is 0 Å².